The van der Waals surface area contributed by atoms with Crippen molar-refractivity contribution in [3.63, 3.8) is 0 Å². The minimum Gasteiger partial charge on any atom is -0.382 e. The van der Waals surface area contributed by atoms with Crippen LogP contribution in [0.4, 0.5) is 11.5 Å². The van der Waals surface area contributed by atoms with Crippen molar-refractivity contribution >= 4 is 33.8 Å². The van der Waals surface area contributed by atoms with E-state index in [2.05, 4.69) is 20.7 Å². The normalized spacial score (nSPS) is 12.2. The average molecular weight is 482 g/mol. The molecule has 3 aromatic heterocycles. The molecule has 4 N–H and O–H groups in total. The number of hydrogen-bond acceptors (Lipinski definition) is 6. The van der Waals surface area contributed by atoms with E-state index in [-0.39, 0.29) is 23.0 Å². The summed E-state index contributed by atoms with van der Waals surface area (Å²) >= 11 is 0. The van der Waals surface area contributed by atoms with Crippen molar-refractivity contribution in [2.45, 2.75) is 32.9 Å². The lowest BCUT2D eigenvalue weighted by Gasteiger charge is -2.22. The molecule has 0 saturated carbocycles. The monoisotopic (exact) mass is 481 g/mol. The summed E-state index contributed by atoms with van der Waals surface area (Å²) in [5.41, 5.74) is 8.55. The number of anilines is 2. The van der Waals surface area contributed by atoms with Crippen LogP contribution in [-0.4, -0.2) is 31.1 Å². The van der Waals surface area contributed by atoms with Crippen molar-refractivity contribution in [2.24, 2.45) is 0 Å². The average Bonchev–Trinajstić information content (AvgIpc) is 3.19. The highest BCUT2D eigenvalue weighted by molar-refractivity contribution is 6.04. The first-order valence-corrected chi connectivity index (χ1v) is 11.8. The predicted octanol–water partition coefficient (Wildman–Crippen LogP) is 3.93. The summed E-state index contributed by atoms with van der Waals surface area (Å²) in [5.74, 6) is -0.335. The van der Waals surface area contributed by atoms with Gasteiger partial charge in [-0.25, -0.2) is 9.50 Å². The van der Waals surface area contributed by atoms with Gasteiger partial charge >= 0.3 is 0 Å². The number of para-hydroxylation sites is 1. The molecule has 1 atom stereocenters. The first-order chi connectivity index (χ1) is 17.3. The molecule has 0 aliphatic heterocycles. The maximum absolute atomic E-state index is 14.0. The maximum atomic E-state index is 14.0. The van der Waals surface area contributed by atoms with Crippen LogP contribution in [0.25, 0.3) is 22.1 Å². The highest BCUT2D eigenvalue weighted by Gasteiger charge is 2.24. The van der Waals surface area contributed by atoms with Crippen LogP contribution in [0.1, 0.15) is 42.9 Å². The van der Waals surface area contributed by atoms with E-state index in [1.165, 1.54) is 4.52 Å². The lowest BCUT2D eigenvalue weighted by Crippen LogP contribution is -2.32. The van der Waals surface area contributed by atoms with E-state index >= 15 is 0 Å². The number of nitrogens with two attached hydrogens (primary N) is 1. The van der Waals surface area contributed by atoms with Crippen molar-refractivity contribution in [3.05, 3.63) is 94.7 Å². The second kappa shape index (κ2) is 9.18. The molecular formula is C27H27N7O2. The number of nitrogen functional groups attached to an aromatic ring is 1. The van der Waals surface area contributed by atoms with E-state index in [4.69, 9.17) is 5.73 Å². The highest BCUT2D eigenvalue weighted by atomic mass is 16.2. The first kappa shape index (κ1) is 23.1. The van der Waals surface area contributed by atoms with Crippen molar-refractivity contribution in [1.82, 2.24) is 24.5 Å². The lowest BCUT2D eigenvalue weighted by molar-refractivity contribution is 0.0941. The summed E-state index contributed by atoms with van der Waals surface area (Å²) in [4.78, 5) is 31.5. The highest BCUT2D eigenvalue weighted by Crippen LogP contribution is 2.27. The molecule has 3 heterocycles. The van der Waals surface area contributed by atoms with Crippen LogP contribution in [0.15, 0.2) is 77.9 Å². The van der Waals surface area contributed by atoms with Gasteiger partial charge in [-0.15, -0.1) is 5.10 Å². The summed E-state index contributed by atoms with van der Waals surface area (Å²) in [6, 6.07) is 18.4. The SMILES string of the molecule is CC(C)Nc1cccc2cc(C(C)NC(=O)c3c(N)nn4cccnc34)n(-c3ccccc3)c(=O)c12. The third-order valence-corrected chi connectivity index (χ3v) is 5.97. The number of amides is 1. The molecule has 5 rings (SSSR count). The van der Waals surface area contributed by atoms with E-state index in [9.17, 15) is 9.59 Å². The van der Waals surface area contributed by atoms with Gasteiger partial charge in [0.05, 0.1) is 11.4 Å². The van der Waals surface area contributed by atoms with Gasteiger partial charge in [0.15, 0.2) is 11.5 Å². The Kier molecular flexibility index (Phi) is 5.89. The van der Waals surface area contributed by atoms with Gasteiger partial charge in [0, 0.05) is 35.5 Å². The molecule has 9 heteroatoms. The van der Waals surface area contributed by atoms with Gasteiger partial charge in [-0.3, -0.25) is 14.2 Å². The number of nitrogens with one attached hydrogen (secondary N) is 2. The quantitative estimate of drug-likeness (QED) is 0.338. The van der Waals surface area contributed by atoms with Crippen molar-refractivity contribution < 1.29 is 4.79 Å². The fourth-order valence-corrected chi connectivity index (χ4v) is 4.44. The van der Waals surface area contributed by atoms with E-state index in [1.54, 1.807) is 23.0 Å². The smallest absolute Gasteiger partial charge is 0.265 e. The topological polar surface area (TPSA) is 119 Å². The lowest BCUT2D eigenvalue weighted by atomic mass is 10.0. The molecule has 0 aliphatic carbocycles. The van der Waals surface area contributed by atoms with Gasteiger partial charge in [-0.2, -0.15) is 0 Å². The molecule has 182 valence electrons. The number of hydrogen-bond donors (Lipinski definition) is 3. The second-order valence-corrected chi connectivity index (χ2v) is 8.96. The fourth-order valence-electron chi connectivity index (χ4n) is 4.44. The number of carbonyl (C=O) groups is 1. The van der Waals surface area contributed by atoms with E-state index in [0.29, 0.717) is 22.4 Å². The Morgan fingerprint density at radius 3 is 2.56 bits per heavy atom. The number of rotatable bonds is 6. The Labute approximate surface area is 207 Å². The number of carbonyl (C=O) groups excluding carboxylic acids is 1. The molecule has 0 spiro atoms. The van der Waals surface area contributed by atoms with E-state index < -0.39 is 11.9 Å². The molecule has 0 radical (unpaired) electrons. The Morgan fingerprint density at radius 1 is 1.03 bits per heavy atom. The van der Waals surface area contributed by atoms with Crippen LogP contribution in [0, 0.1) is 0 Å². The summed E-state index contributed by atoms with van der Waals surface area (Å²) in [6.07, 6.45) is 3.26. The minimum absolute atomic E-state index is 0.0850. The molecule has 0 saturated heterocycles. The van der Waals surface area contributed by atoms with Crippen LogP contribution in [0.5, 0.6) is 0 Å². The molecule has 5 aromatic rings. The molecule has 9 nitrogen and oxygen atoms in total. The predicted molar refractivity (Wildman–Crippen MR) is 142 cm³/mol. The van der Waals surface area contributed by atoms with Crippen molar-refractivity contribution in [2.75, 3.05) is 11.1 Å². The number of fused-ring (bicyclic) bond motifs is 2. The van der Waals surface area contributed by atoms with Crippen molar-refractivity contribution in [1.29, 1.82) is 0 Å². The Bertz CT molecular complexity index is 1640. The maximum Gasteiger partial charge on any atom is 0.265 e. The number of aromatic nitrogens is 4. The molecule has 0 fully saturated rings. The zero-order valence-electron chi connectivity index (χ0n) is 20.3. The van der Waals surface area contributed by atoms with Crippen LogP contribution in [0.3, 0.4) is 0 Å². The number of nitrogens with zero attached hydrogens (tertiary/aromatic N) is 4. The standard InChI is InChI=1S/C27H27N7O2/c1-16(2)30-20-12-7-9-18-15-21(34(27(36)22(18)20)19-10-5-4-6-11-19)17(3)31-26(35)23-24(28)32-33-14-8-13-29-25(23)33/h4-17,30H,1-3H3,(H2,28,32)(H,31,35). The molecule has 2 aromatic carbocycles. The van der Waals surface area contributed by atoms with Gasteiger partial charge in [-0.1, -0.05) is 30.3 Å². The largest absolute Gasteiger partial charge is 0.382 e. The summed E-state index contributed by atoms with van der Waals surface area (Å²) in [6.45, 7) is 5.90. The van der Waals surface area contributed by atoms with Gasteiger partial charge in [0.1, 0.15) is 5.56 Å². The molecule has 0 bridgehead atoms. The zero-order chi connectivity index (χ0) is 25.4. The third-order valence-electron chi connectivity index (χ3n) is 5.97. The number of benzene rings is 2. The van der Waals surface area contributed by atoms with Gasteiger partial charge in [0.2, 0.25) is 0 Å². The zero-order valence-corrected chi connectivity index (χ0v) is 20.3. The van der Waals surface area contributed by atoms with Gasteiger partial charge in [-0.05, 0) is 56.5 Å². The van der Waals surface area contributed by atoms with E-state index in [0.717, 1.165) is 11.1 Å². The van der Waals surface area contributed by atoms with Crippen LogP contribution in [0.2, 0.25) is 0 Å². The molecule has 0 aliphatic rings. The fraction of sp³-hybridized carbons (Fsp3) is 0.185. The van der Waals surface area contributed by atoms with Gasteiger partial charge in [0.25, 0.3) is 11.5 Å². The Morgan fingerprint density at radius 2 is 1.81 bits per heavy atom. The Hall–Kier alpha value is -4.66. The summed E-state index contributed by atoms with van der Waals surface area (Å²) < 4.78 is 3.12. The Balaban J connectivity index is 1.64. The van der Waals surface area contributed by atoms with E-state index in [1.807, 2.05) is 75.4 Å². The molecule has 36 heavy (non-hydrogen) atoms. The summed E-state index contributed by atoms with van der Waals surface area (Å²) in [5, 5.41) is 11.9. The van der Waals surface area contributed by atoms with Gasteiger partial charge < -0.3 is 16.4 Å². The minimum atomic E-state index is -0.533. The molecular weight excluding hydrogens is 454 g/mol. The van der Waals surface area contributed by atoms with Crippen LogP contribution >= 0.6 is 0 Å². The second-order valence-electron chi connectivity index (χ2n) is 8.96. The summed E-state index contributed by atoms with van der Waals surface area (Å²) in [7, 11) is 0. The molecule has 1 amide bonds. The van der Waals surface area contributed by atoms with Crippen LogP contribution < -0.4 is 21.9 Å². The first-order valence-electron chi connectivity index (χ1n) is 11.8. The molecule has 1 unspecified atom stereocenters. The third kappa shape index (κ3) is 4.04. The van der Waals surface area contributed by atoms with Crippen molar-refractivity contribution in [3.8, 4) is 5.69 Å². The number of pyridine rings is 1. The van der Waals surface area contributed by atoms with Crippen LogP contribution in [-0.2, 0) is 0 Å².